The number of nitrogens with zero attached hydrogens (tertiary/aromatic N) is 2. The zero-order valence-corrected chi connectivity index (χ0v) is 19.4. The van der Waals surface area contributed by atoms with Gasteiger partial charge < -0.3 is 0 Å². The number of hydrogen-bond acceptors (Lipinski definition) is 2. The maximum Gasteiger partial charge on any atom is 0.116 e. The molecule has 0 bridgehead atoms. The molecule has 1 heterocycles. The van der Waals surface area contributed by atoms with Crippen LogP contribution >= 0.6 is 0 Å². The van der Waals surface area contributed by atoms with Crippen LogP contribution in [0.2, 0.25) is 19.6 Å². The molecule has 0 saturated heterocycles. The van der Waals surface area contributed by atoms with Gasteiger partial charge in [-0.3, -0.25) is 0 Å². The second-order valence-electron chi connectivity index (χ2n) is 9.93. The normalized spacial score (nSPS) is 12.8. The first-order valence-electron chi connectivity index (χ1n) is 11.2. The molecule has 7 aromatic rings. The molecule has 6 aromatic carbocycles. The van der Waals surface area contributed by atoms with Gasteiger partial charge in [-0.1, -0.05) is 85.5 Å². The molecule has 0 aliphatic heterocycles. The summed E-state index contributed by atoms with van der Waals surface area (Å²) in [6, 6.07) is 27.0. The summed E-state index contributed by atoms with van der Waals surface area (Å²) in [4.78, 5) is 9.65. The molecule has 2 nitrogen and oxygen atoms in total. The molecule has 0 aliphatic carbocycles. The van der Waals surface area contributed by atoms with E-state index in [9.17, 15) is 0 Å². The molecular weight excluding hydrogens is 404 g/mol. The highest BCUT2D eigenvalue weighted by molar-refractivity contribution is 6.88. The highest BCUT2D eigenvalue weighted by atomic mass is 28.3. The van der Waals surface area contributed by atoms with Crippen LogP contribution in [0, 0.1) is 0 Å². The lowest BCUT2D eigenvalue weighted by atomic mass is 9.89. The molecule has 152 valence electrons. The van der Waals surface area contributed by atoms with Crippen molar-refractivity contribution in [3.05, 3.63) is 79.1 Å². The fourth-order valence-corrected chi connectivity index (χ4v) is 6.56. The molecule has 0 radical (unpaired) electrons. The number of rotatable bonds is 1. The lowest BCUT2D eigenvalue weighted by Crippen LogP contribution is -2.37. The van der Waals surface area contributed by atoms with Gasteiger partial charge in [-0.2, -0.15) is 0 Å². The highest BCUT2D eigenvalue weighted by Crippen LogP contribution is 2.43. The largest absolute Gasteiger partial charge is 0.236 e. The molecule has 0 unspecified atom stereocenters. The van der Waals surface area contributed by atoms with Crippen molar-refractivity contribution >= 4 is 78.2 Å². The van der Waals surface area contributed by atoms with Crippen LogP contribution in [0.1, 0.15) is 0 Å². The van der Waals surface area contributed by atoms with Crippen molar-refractivity contribution in [2.75, 3.05) is 0 Å². The molecule has 0 amide bonds. The van der Waals surface area contributed by atoms with Gasteiger partial charge in [0.05, 0.1) is 19.1 Å². The number of aromatic nitrogens is 2. The number of benzene rings is 6. The predicted molar refractivity (Wildman–Crippen MR) is 141 cm³/mol. The van der Waals surface area contributed by atoms with Gasteiger partial charge >= 0.3 is 0 Å². The van der Waals surface area contributed by atoms with E-state index >= 15 is 0 Å². The summed E-state index contributed by atoms with van der Waals surface area (Å²) < 4.78 is 0. The summed E-state index contributed by atoms with van der Waals surface area (Å²) in [6.07, 6.45) is 1.74. The van der Waals surface area contributed by atoms with E-state index in [-0.39, 0.29) is 0 Å². The van der Waals surface area contributed by atoms with E-state index in [4.69, 9.17) is 9.97 Å². The maximum absolute atomic E-state index is 4.83. The summed E-state index contributed by atoms with van der Waals surface area (Å²) in [5, 5.41) is 14.1. The van der Waals surface area contributed by atoms with E-state index in [1.165, 1.54) is 59.0 Å². The molecular formula is C29H22N2Si. The minimum Gasteiger partial charge on any atom is -0.236 e. The van der Waals surface area contributed by atoms with Gasteiger partial charge in [-0.25, -0.2) is 9.97 Å². The quantitative estimate of drug-likeness (QED) is 0.155. The standard InChI is InChI=1S/C29H22N2Si/c1-32(2,3)19-11-12-22-24(15-19)21-10-6-9-20-23-13-17-7-4-5-8-18(17)14-25(23)29-27(26(20)21)28(22)30-16-31-29/h4-16H,1-3H3. The van der Waals surface area contributed by atoms with E-state index < -0.39 is 8.07 Å². The van der Waals surface area contributed by atoms with Crippen LogP contribution < -0.4 is 5.19 Å². The summed E-state index contributed by atoms with van der Waals surface area (Å²) in [7, 11) is -1.44. The summed E-state index contributed by atoms with van der Waals surface area (Å²) in [6.45, 7) is 7.23. The Labute approximate surface area is 186 Å². The molecule has 0 atom stereocenters. The Morgan fingerprint density at radius 2 is 1.16 bits per heavy atom. The van der Waals surface area contributed by atoms with Crippen molar-refractivity contribution in [2.45, 2.75) is 19.6 Å². The number of hydrogen-bond donors (Lipinski definition) is 0. The fourth-order valence-electron chi connectivity index (χ4n) is 5.40. The average molecular weight is 427 g/mol. The Bertz CT molecular complexity index is 1860. The van der Waals surface area contributed by atoms with Gasteiger partial charge in [-0.15, -0.1) is 0 Å². The second kappa shape index (κ2) is 6.02. The van der Waals surface area contributed by atoms with Crippen molar-refractivity contribution in [1.29, 1.82) is 0 Å². The van der Waals surface area contributed by atoms with Crippen LogP contribution in [-0.4, -0.2) is 18.0 Å². The zero-order valence-electron chi connectivity index (χ0n) is 18.4. The molecule has 0 N–H and O–H groups in total. The lowest BCUT2D eigenvalue weighted by molar-refractivity contribution is 1.27. The van der Waals surface area contributed by atoms with Crippen molar-refractivity contribution in [3.63, 3.8) is 0 Å². The smallest absolute Gasteiger partial charge is 0.116 e. The molecule has 0 aliphatic rings. The van der Waals surface area contributed by atoms with Crippen molar-refractivity contribution < 1.29 is 0 Å². The van der Waals surface area contributed by atoms with Gasteiger partial charge in [0.2, 0.25) is 0 Å². The van der Waals surface area contributed by atoms with E-state index in [2.05, 4.69) is 92.4 Å². The molecule has 3 heteroatoms. The zero-order chi connectivity index (χ0) is 21.6. The van der Waals surface area contributed by atoms with E-state index in [1.807, 2.05) is 0 Å². The van der Waals surface area contributed by atoms with E-state index in [1.54, 1.807) is 6.33 Å². The third-order valence-electron chi connectivity index (χ3n) is 7.02. The summed E-state index contributed by atoms with van der Waals surface area (Å²) in [5.74, 6) is 0. The summed E-state index contributed by atoms with van der Waals surface area (Å²) in [5.41, 5.74) is 2.11. The van der Waals surface area contributed by atoms with Crippen LogP contribution in [0.3, 0.4) is 0 Å². The van der Waals surface area contributed by atoms with Crippen LogP contribution in [0.4, 0.5) is 0 Å². The first-order valence-corrected chi connectivity index (χ1v) is 14.7. The van der Waals surface area contributed by atoms with Gasteiger partial charge in [0.25, 0.3) is 0 Å². The van der Waals surface area contributed by atoms with Gasteiger partial charge in [0.15, 0.2) is 0 Å². The minimum atomic E-state index is -1.44. The molecule has 0 fully saturated rings. The highest BCUT2D eigenvalue weighted by Gasteiger charge is 2.21. The fraction of sp³-hybridized carbons (Fsp3) is 0.103. The van der Waals surface area contributed by atoms with Crippen LogP contribution in [-0.2, 0) is 0 Å². The molecule has 32 heavy (non-hydrogen) atoms. The third-order valence-corrected chi connectivity index (χ3v) is 9.07. The predicted octanol–water partition coefficient (Wildman–Crippen LogP) is 7.38. The average Bonchev–Trinajstić information content (AvgIpc) is 2.81. The molecule has 0 saturated carbocycles. The molecule has 0 spiro atoms. The molecule has 1 aromatic heterocycles. The van der Waals surface area contributed by atoms with Crippen molar-refractivity contribution in [1.82, 2.24) is 9.97 Å². The Morgan fingerprint density at radius 3 is 1.84 bits per heavy atom. The van der Waals surface area contributed by atoms with Crippen LogP contribution in [0.25, 0.3) is 64.9 Å². The lowest BCUT2D eigenvalue weighted by Gasteiger charge is -2.20. The second-order valence-corrected chi connectivity index (χ2v) is 15.0. The van der Waals surface area contributed by atoms with E-state index in [0.717, 1.165) is 11.0 Å². The monoisotopic (exact) mass is 426 g/mol. The SMILES string of the molecule is C[Si](C)(C)c1ccc2c(c1)c1cccc3c4cc5ccccc5cc4c4ncnc2c4c13. The third kappa shape index (κ3) is 2.29. The van der Waals surface area contributed by atoms with Crippen LogP contribution in [0.5, 0.6) is 0 Å². The Kier molecular flexibility index (Phi) is 3.40. The van der Waals surface area contributed by atoms with Gasteiger partial charge in [0, 0.05) is 21.5 Å². The Balaban J connectivity index is 1.81. The summed E-state index contributed by atoms with van der Waals surface area (Å²) >= 11 is 0. The van der Waals surface area contributed by atoms with E-state index in [0.29, 0.717) is 0 Å². The van der Waals surface area contributed by atoms with Gasteiger partial charge in [-0.05, 0) is 44.5 Å². The first-order chi connectivity index (χ1) is 15.5. The van der Waals surface area contributed by atoms with Crippen molar-refractivity contribution in [2.24, 2.45) is 0 Å². The van der Waals surface area contributed by atoms with Crippen LogP contribution in [0.15, 0.2) is 79.1 Å². The Morgan fingerprint density at radius 1 is 0.531 bits per heavy atom. The topological polar surface area (TPSA) is 25.8 Å². The van der Waals surface area contributed by atoms with Gasteiger partial charge in [0.1, 0.15) is 6.33 Å². The minimum absolute atomic E-state index is 1.05. The first kappa shape index (κ1) is 18.1. The molecule has 7 rings (SSSR count). The maximum atomic E-state index is 4.83. The Hall–Kier alpha value is -3.56. The van der Waals surface area contributed by atoms with Crippen molar-refractivity contribution in [3.8, 4) is 0 Å². The number of fused-ring (bicyclic) bond motifs is 7.